The van der Waals surface area contributed by atoms with Gasteiger partial charge in [0.15, 0.2) is 5.82 Å². The second-order valence-electron chi connectivity index (χ2n) is 5.91. The van der Waals surface area contributed by atoms with Crippen molar-refractivity contribution in [2.24, 2.45) is 0 Å². The van der Waals surface area contributed by atoms with Crippen LogP contribution < -0.4 is 15.5 Å². The molecule has 0 saturated heterocycles. The molecule has 0 unspecified atom stereocenters. The highest BCUT2D eigenvalue weighted by Crippen LogP contribution is 2.20. The maximum Gasteiger partial charge on any atom is 0.249 e. The molecule has 6 heteroatoms. The molecule has 2 aromatic carbocycles. The van der Waals surface area contributed by atoms with Gasteiger partial charge in [0.25, 0.3) is 0 Å². The number of aromatic nitrogens is 3. The van der Waals surface area contributed by atoms with Crippen LogP contribution >= 0.6 is 0 Å². The average molecular weight is 334 g/mol. The standard InChI is InChI=1S/C19H22N6/c1-4-14-5-7-16(8-6-14)22-19-23-18(13-20-24-19)21-15-9-11-17(12-10-15)25(2)3/h5-13H,4H2,1-3H3,(H2,21,22,23,24). The fraction of sp³-hybridized carbons (Fsp3) is 0.211. The Hall–Kier alpha value is -3.15. The summed E-state index contributed by atoms with van der Waals surface area (Å²) in [5.41, 5.74) is 4.32. The summed E-state index contributed by atoms with van der Waals surface area (Å²) in [5.74, 6) is 1.10. The Morgan fingerprint density at radius 1 is 0.880 bits per heavy atom. The Morgan fingerprint density at radius 3 is 2.16 bits per heavy atom. The number of nitrogens with zero attached hydrogens (tertiary/aromatic N) is 4. The van der Waals surface area contributed by atoms with Gasteiger partial charge in [0, 0.05) is 31.2 Å². The third-order valence-electron chi connectivity index (χ3n) is 3.83. The lowest BCUT2D eigenvalue weighted by Crippen LogP contribution is -2.08. The summed E-state index contributed by atoms with van der Waals surface area (Å²) in [4.78, 5) is 6.51. The van der Waals surface area contributed by atoms with E-state index in [0.717, 1.165) is 23.5 Å². The normalized spacial score (nSPS) is 10.4. The van der Waals surface area contributed by atoms with Crippen molar-refractivity contribution in [2.75, 3.05) is 29.6 Å². The molecule has 0 bridgehead atoms. The Labute approximate surface area is 147 Å². The summed E-state index contributed by atoms with van der Waals surface area (Å²) < 4.78 is 0. The van der Waals surface area contributed by atoms with E-state index in [2.05, 4.69) is 49.8 Å². The first-order valence-corrected chi connectivity index (χ1v) is 8.24. The molecule has 3 rings (SSSR count). The fourth-order valence-electron chi connectivity index (χ4n) is 2.36. The van der Waals surface area contributed by atoms with Gasteiger partial charge >= 0.3 is 0 Å². The van der Waals surface area contributed by atoms with Crippen LogP contribution in [0.1, 0.15) is 12.5 Å². The van der Waals surface area contributed by atoms with Crippen molar-refractivity contribution in [2.45, 2.75) is 13.3 Å². The summed E-state index contributed by atoms with van der Waals surface area (Å²) in [6, 6.07) is 16.3. The van der Waals surface area contributed by atoms with Crippen molar-refractivity contribution >= 4 is 28.8 Å². The van der Waals surface area contributed by atoms with Crippen LogP contribution in [-0.2, 0) is 6.42 Å². The minimum atomic E-state index is 0.458. The van der Waals surface area contributed by atoms with Crippen LogP contribution in [-0.4, -0.2) is 29.3 Å². The number of rotatable bonds is 6. The Kier molecular flexibility index (Phi) is 5.09. The molecule has 0 amide bonds. The highest BCUT2D eigenvalue weighted by molar-refractivity contribution is 5.61. The van der Waals surface area contributed by atoms with E-state index in [9.17, 15) is 0 Å². The van der Waals surface area contributed by atoms with Crippen molar-refractivity contribution in [3.63, 3.8) is 0 Å². The Bertz CT molecular complexity index is 812. The zero-order valence-electron chi connectivity index (χ0n) is 14.7. The zero-order valence-corrected chi connectivity index (χ0v) is 14.7. The number of nitrogens with one attached hydrogen (secondary N) is 2. The molecular formula is C19H22N6. The lowest BCUT2D eigenvalue weighted by atomic mass is 10.1. The monoisotopic (exact) mass is 334 g/mol. The number of benzene rings is 2. The molecule has 0 aliphatic heterocycles. The van der Waals surface area contributed by atoms with Crippen molar-refractivity contribution in [1.29, 1.82) is 0 Å². The van der Waals surface area contributed by atoms with E-state index in [0.29, 0.717) is 11.8 Å². The molecule has 3 aromatic rings. The molecule has 0 fully saturated rings. The molecule has 128 valence electrons. The second kappa shape index (κ2) is 7.61. The Morgan fingerprint density at radius 2 is 1.52 bits per heavy atom. The lowest BCUT2D eigenvalue weighted by molar-refractivity contribution is 0.982. The molecule has 0 spiro atoms. The average Bonchev–Trinajstić information content (AvgIpc) is 2.63. The smallest absolute Gasteiger partial charge is 0.249 e. The van der Waals surface area contributed by atoms with Crippen LogP contribution in [0.3, 0.4) is 0 Å². The van der Waals surface area contributed by atoms with E-state index in [-0.39, 0.29) is 0 Å². The molecule has 1 heterocycles. The molecule has 2 N–H and O–H groups in total. The molecule has 25 heavy (non-hydrogen) atoms. The number of hydrogen-bond acceptors (Lipinski definition) is 6. The molecule has 0 aliphatic rings. The highest BCUT2D eigenvalue weighted by Gasteiger charge is 2.03. The van der Waals surface area contributed by atoms with Gasteiger partial charge in [-0.05, 0) is 48.4 Å². The van der Waals surface area contributed by atoms with Crippen molar-refractivity contribution in [3.05, 3.63) is 60.3 Å². The molecule has 0 radical (unpaired) electrons. The van der Waals surface area contributed by atoms with Crippen LogP contribution in [0, 0.1) is 0 Å². The Balaban J connectivity index is 1.70. The van der Waals surface area contributed by atoms with Gasteiger partial charge in [0.2, 0.25) is 5.95 Å². The van der Waals surface area contributed by atoms with Gasteiger partial charge in [0.1, 0.15) is 0 Å². The van der Waals surface area contributed by atoms with Gasteiger partial charge in [-0.2, -0.15) is 10.1 Å². The van der Waals surface area contributed by atoms with Crippen LogP contribution in [0.15, 0.2) is 54.7 Å². The molecule has 0 saturated carbocycles. The van der Waals surface area contributed by atoms with Crippen LogP contribution in [0.25, 0.3) is 0 Å². The van der Waals surface area contributed by atoms with Crippen molar-refractivity contribution in [1.82, 2.24) is 15.2 Å². The third-order valence-corrected chi connectivity index (χ3v) is 3.83. The van der Waals surface area contributed by atoms with Gasteiger partial charge in [-0.1, -0.05) is 19.1 Å². The maximum atomic E-state index is 4.46. The third kappa shape index (κ3) is 4.44. The van der Waals surface area contributed by atoms with E-state index in [1.54, 1.807) is 6.20 Å². The molecule has 1 aromatic heterocycles. The van der Waals surface area contributed by atoms with Gasteiger partial charge in [0.05, 0.1) is 6.20 Å². The van der Waals surface area contributed by atoms with E-state index in [4.69, 9.17) is 0 Å². The maximum absolute atomic E-state index is 4.46. The molecular weight excluding hydrogens is 312 g/mol. The van der Waals surface area contributed by atoms with Gasteiger partial charge in [-0.3, -0.25) is 0 Å². The minimum Gasteiger partial charge on any atom is -0.378 e. The van der Waals surface area contributed by atoms with E-state index in [1.807, 2.05) is 50.5 Å². The highest BCUT2D eigenvalue weighted by atomic mass is 15.3. The van der Waals surface area contributed by atoms with E-state index in [1.165, 1.54) is 5.56 Å². The number of aryl methyl sites for hydroxylation is 1. The predicted molar refractivity (Wildman–Crippen MR) is 103 cm³/mol. The number of anilines is 5. The quantitative estimate of drug-likeness (QED) is 0.710. The first-order valence-electron chi connectivity index (χ1n) is 8.24. The largest absolute Gasteiger partial charge is 0.378 e. The minimum absolute atomic E-state index is 0.458. The SMILES string of the molecule is CCc1ccc(Nc2nncc(Nc3ccc(N(C)C)cc3)n2)cc1. The second-order valence-corrected chi connectivity index (χ2v) is 5.91. The van der Waals surface area contributed by atoms with Gasteiger partial charge < -0.3 is 15.5 Å². The van der Waals surface area contributed by atoms with Gasteiger partial charge in [-0.25, -0.2) is 0 Å². The van der Waals surface area contributed by atoms with E-state index >= 15 is 0 Å². The fourth-order valence-corrected chi connectivity index (χ4v) is 2.36. The summed E-state index contributed by atoms with van der Waals surface area (Å²) in [6.45, 7) is 2.13. The zero-order chi connectivity index (χ0) is 17.6. The summed E-state index contributed by atoms with van der Waals surface area (Å²) in [6.07, 6.45) is 2.62. The first-order chi connectivity index (χ1) is 12.1. The van der Waals surface area contributed by atoms with Crippen LogP contribution in [0.5, 0.6) is 0 Å². The van der Waals surface area contributed by atoms with Crippen molar-refractivity contribution in [3.8, 4) is 0 Å². The van der Waals surface area contributed by atoms with Gasteiger partial charge in [-0.15, -0.1) is 5.10 Å². The molecule has 0 atom stereocenters. The van der Waals surface area contributed by atoms with E-state index < -0.39 is 0 Å². The summed E-state index contributed by atoms with van der Waals surface area (Å²) in [5, 5.41) is 14.5. The number of hydrogen-bond donors (Lipinski definition) is 2. The first kappa shape index (κ1) is 16.7. The van der Waals surface area contributed by atoms with Crippen LogP contribution in [0.2, 0.25) is 0 Å². The van der Waals surface area contributed by atoms with Crippen LogP contribution in [0.4, 0.5) is 28.8 Å². The summed E-state index contributed by atoms with van der Waals surface area (Å²) >= 11 is 0. The lowest BCUT2D eigenvalue weighted by Gasteiger charge is -2.13. The van der Waals surface area contributed by atoms with Crippen molar-refractivity contribution < 1.29 is 0 Å². The predicted octanol–water partition coefficient (Wildman–Crippen LogP) is 3.99. The molecule has 0 aliphatic carbocycles. The molecule has 6 nitrogen and oxygen atoms in total. The topological polar surface area (TPSA) is 66.0 Å². The summed E-state index contributed by atoms with van der Waals surface area (Å²) in [7, 11) is 4.03.